The first-order valence-electron chi connectivity index (χ1n) is 8.74. The van der Waals surface area contributed by atoms with Crippen LogP contribution in [0.1, 0.15) is 25.7 Å². The molecule has 1 aromatic carbocycles. The fourth-order valence-electron chi connectivity index (χ4n) is 2.74. The Morgan fingerprint density at radius 2 is 2.03 bits per heavy atom. The number of benzene rings is 1. The number of carbonyl (C=O) groups excluding carboxylic acids is 2. The summed E-state index contributed by atoms with van der Waals surface area (Å²) in [7, 11) is 1.53. The van der Waals surface area contributed by atoms with Gasteiger partial charge < -0.3 is 15.4 Å². The molecule has 0 saturated carbocycles. The van der Waals surface area contributed by atoms with Crippen LogP contribution in [0.25, 0.3) is 10.9 Å². The molecule has 3 aromatic heterocycles. The number of halogens is 1. The predicted molar refractivity (Wildman–Crippen MR) is 118 cm³/mol. The third kappa shape index (κ3) is 4.58. The van der Waals surface area contributed by atoms with Gasteiger partial charge in [-0.15, -0.1) is 23.7 Å². The molecular formula is C20H18ClN5O3S. The van der Waals surface area contributed by atoms with E-state index in [0.717, 1.165) is 4.88 Å². The summed E-state index contributed by atoms with van der Waals surface area (Å²) in [5, 5.41) is 15.2. The first kappa shape index (κ1) is 21.3. The van der Waals surface area contributed by atoms with Crippen molar-refractivity contribution in [1.29, 1.82) is 0 Å². The van der Waals surface area contributed by atoms with Crippen molar-refractivity contribution in [2.45, 2.75) is 6.54 Å². The van der Waals surface area contributed by atoms with Crippen LogP contribution in [-0.4, -0.2) is 34.1 Å². The molecule has 4 rings (SSSR count). The average molecular weight is 444 g/mol. The summed E-state index contributed by atoms with van der Waals surface area (Å²) in [6, 6.07) is 12.3. The van der Waals surface area contributed by atoms with E-state index in [-0.39, 0.29) is 24.0 Å². The number of methoxy groups -OCH3 is 1. The van der Waals surface area contributed by atoms with Gasteiger partial charge in [-0.1, -0.05) is 6.07 Å². The van der Waals surface area contributed by atoms with Crippen LogP contribution in [0.3, 0.4) is 0 Å². The van der Waals surface area contributed by atoms with Crippen LogP contribution < -0.4 is 15.4 Å². The van der Waals surface area contributed by atoms with Gasteiger partial charge in [0, 0.05) is 15.8 Å². The van der Waals surface area contributed by atoms with Crippen LogP contribution in [0.15, 0.2) is 54.0 Å². The van der Waals surface area contributed by atoms with Crippen molar-refractivity contribution in [1.82, 2.24) is 20.5 Å². The number of fused-ring (bicyclic) bond motifs is 1. The zero-order valence-electron chi connectivity index (χ0n) is 15.8. The number of nitrogens with one attached hydrogen (secondary N) is 3. The van der Waals surface area contributed by atoms with Gasteiger partial charge in [0.15, 0.2) is 5.82 Å². The Bertz CT molecular complexity index is 1160. The van der Waals surface area contributed by atoms with Crippen LogP contribution in [0.5, 0.6) is 5.75 Å². The van der Waals surface area contributed by atoms with E-state index in [1.165, 1.54) is 13.3 Å². The van der Waals surface area contributed by atoms with Crippen molar-refractivity contribution in [2.75, 3.05) is 12.4 Å². The smallest absolute Gasteiger partial charge is 0.275 e. The molecular weight excluding hydrogens is 426 g/mol. The van der Waals surface area contributed by atoms with Crippen LogP contribution in [-0.2, 0) is 6.54 Å². The molecule has 0 spiro atoms. The number of rotatable bonds is 6. The van der Waals surface area contributed by atoms with E-state index in [1.54, 1.807) is 41.7 Å². The van der Waals surface area contributed by atoms with E-state index in [2.05, 4.69) is 25.8 Å². The third-order valence-electron chi connectivity index (χ3n) is 4.26. The lowest BCUT2D eigenvalue weighted by atomic mass is 10.1. The number of hydrogen-bond donors (Lipinski definition) is 3. The number of carbonyl (C=O) groups is 2. The number of anilines is 1. The molecule has 0 aliphatic rings. The highest BCUT2D eigenvalue weighted by Gasteiger charge is 2.15. The second-order valence-electron chi connectivity index (χ2n) is 6.13. The first-order valence-corrected chi connectivity index (χ1v) is 9.62. The Morgan fingerprint density at radius 3 is 2.73 bits per heavy atom. The summed E-state index contributed by atoms with van der Waals surface area (Å²) < 4.78 is 5.04. The quantitative estimate of drug-likeness (QED) is 0.421. The second kappa shape index (κ2) is 9.38. The zero-order chi connectivity index (χ0) is 20.2. The van der Waals surface area contributed by atoms with E-state index >= 15 is 0 Å². The minimum absolute atomic E-state index is 0. The Hall–Kier alpha value is -3.43. The van der Waals surface area contributed by atoms with Crippen LogP contribution in [0.2, 0.25) is 0 Å². The summed E-state index contributed by atoms with van der Waals surface area (Å²) in [6.07, 6.45) is 1.47. The SMILES string of the molecule is COc1ccc(C(=O)Nc2n[nH]c3ccc(C(=O)NCc4cccs4)cc23)nc1.Cl. The van der Waals surface area contributed by atoms with Gasteiger partial charge >= 0.3 is 0 Å². The summed E-state index contributed by atoms with van der Waals surface area (Å²) in [5.41, 5.74) is 1.41. The molecule has 30 heavy (non-hydrogen) atoms. The summed E-state index contributed by atoms with van der Waals surface area (Å²) in [5.74, 6) is 0.282. The van der Waals surface area contributed by atoms with Crippen LogP contribution in [0.4, 0.5) is 5.82 Å². The van der Waals surface area contributed by atoms with Crippen molar-refractivity contribution in [2.24, 2.45) is 0 Å². The molecule has 3 N–H and O–H groups in total. The van der Waals surface area contributed by atoms with Crippen molar-refractivity contribution < 1.29 is 14.3 Å². The number of hydrogen-bond acceptors (Lipinski definition) is 6. The topological polar surface area (TPSA) is 109 Å². The van der Waals surface area contributed by atoms with Crippen molar-refractivity contribution in [3.8, 4) is 5.75 Å². The zero-order valence-corrected chi connectivity index (χ0v) is 17.5. The molecule has 0 bridgehead atoms. The number of thiophene rings is 1. The largest absolute Gasteiger partial charge is 0.495 e. The maximum Gasteiger partial charge on any atom is 0.275 e. The fourth-order valence-corrected chi connectivity index (χ4v) is 3.38. The molecule has 0 unspecified atom stereocenters. The minimum atomic E-state index is -0.409. The molecule has 0 fully saturated rings. The van der Waals surface area contributed by atoms with Gasteiger partial charge in [-0.3, -0.25) is 14.7 Å². The molecule has 0 aliphatic heterocycles. The summed E-state index contributed by atoms with van der Waals surface area (Å²) in [6.45, 7) is 0.465. The molecule has 0 saturated heterocycles. The summed E-state index contributed by atoms with van der Waals surface area (Å²) in [4.78, 5) is 30.1. The molecule has 2 amide bonds. The van der Waals surface area contributed by atoms with E-state index in [0.29, 0.717) is 34.6 Å². The molecule has 154 valence electrons. The number of pyridine rings is 1. The van der Waals surface area contributed by atoms with Crippen LogP contribution in [0, 0.1) is 0 Å². The number of aromatic nitrogens is 3. The summed E-state index contributed by atoms with van der Waals surface area (Å²) >= 11 is 1.58. The minimum Gasteiger partial charge on any atom is -0.495 e. The number of amides is 2. The molecule has 4 aromatic rings. The lowest BCUT2D eigenvalue weighted by Crippen LogP contribution is -2.22. The highest BCUT2D eigenvalue weighted by molar-refractivity contribution is 7.09. The molecule has 3 heterocycles. The van der Waals surface area contributed by atoms with Crippen molar-refractivity contribution in [3.63, 3.8) is 0 Å². The van der Waals surface area contributed by atoms with Gasteiger partial charge in [-0.05, 0) is 41.8 Å². The number of H-pyrrole nitrogens is 1. The van der Waals surface area contributed by atoms with Gasteiger partial charge in [-0.25, -0.2) is 4.98 Å². The Morgan fingerprint density at radius 1 is 1.17 bits per heavy atom. The molecule has 0 radical (unpaired) electrons. The fraction of sp³-hybridized carbons (Fsp3) is 0.100. The van der Waals surface area contributed by atoms with E-state index in [1.807, 2.05) is 17.5 Å². The molecule has 0 aliphatic carbocycles. The first-order chi connectivity index (χ1) is 14.1. The number of aromatic amines is 1. The second-order valence-corrected chi connectivity index (χ2v) is 7.16. The standard InChI is InChI=1S/C20H17N5O3S.ClH/c1-28-13-5-7-17(21-10-13)20(27)23-18-15-9-12(4-6-16(15)24-25-18)19(26)22-11-14-3-2-8-29-14;/h2-10H,11H2,1H3,(H,22,26)(H2,23,24,25,27);1H. The monoisotopic (exact) mass is 443 g/mol. The highest BCUT2D eigenvalue weighted by atomic mass is 35.5. The van der Waals surface area contributed by atoms with Gasteiger partial charge in [0.2, 0.25) is 0 Å². The maximum atomic E-state index is 12.5. The normalized spacial score (nSPS) is 10.3. The van der Waals surface area contributed by atoms with Gasteiger partial charge in [0.25, 0.3) is 11.8 Å². The van der Waals surface area contributed by atoms with E-state index < -0.39 is 5.91 Å². The van der Waals surface area contributed by atoms with Crippen molar-refractivity contribution >= 4 is 52.3 Å². The Kier molecular flexibility index (Phi) is 6.65. The number of ether oxygens (including phenoxy) is 1. The molecule has 0 atom stereocenters. The third-order valence-corrected chi connectivity index (χ3v) is 5.14. The van der Waals surface area contributed by atoms with Crippen LogP contribution >= 0.6 is 23.7 Å². The van der Waals surface area contributed by atoms with E-state index in [4.69, 9.17) is 4.74 Å². The Labute approximate surface area is 182 Å². The lowest BCUT2D eigenvalue weighted by Gasteiger charge is -2.05. The predicted octanol–water partition coefficient (Wildman–Crippen LogP) is 3.63. The van der Waals surface area contributed by atoms with Gasteiger partial charge in [-0.2, -0.15) is 5.10 Å². The number of nitrogens with zero attached hydrogens (tertiary/aromatic N) is 2. The Balaban J connectivity index is 0.00000256. The van der Waals surface area contributed by atoms with Crippen molar-refractivity contribution in [3.05, 3.63) is 70.2 Å². The van der Waals surface area contributed by atoms with E-state index in [9.17, 15) is 9.59 Å². The maximum absolute atomic E-state index is 12.5. The highest BCUT2D eigenvalue weighted by Crippen LogP contribution is 2.22. The average Bonchev–Trinajstić information content (AvgIpc) is 3.42. The lowest BCUT2D eigenvalue weighted by molar-refractivity contribution is 0.0950. The van der Waals surface area contributed by atoms with Gasteiger partial charge in [0.1, 0.15) is 11.4 Å². The molecule has 8 nitrogen and oxygen atoms in total. The van der Waals surface area contributed by atoms with Gasteiger partial charge in [0.05, 0.1) is 25.4 Å². The molecule has 10 heteroatoms.